The van der Waals surface area contributed by atoms with Gasteiger partial charge in [-0.1, -0.05) is 5.16 Å². The fourth-order valence-electron chi connectivity index (χ4n) is 0.914. The molecule has 0 saturated heterocycles. The van der Waals surface area contributed by atoms with E-state index in [0.29, 0.717) is 11.7 Å². The topological polar surface area (TPSA) is 105 Å². The Balaban J connectivity index is 2.42. The molecule has 0 aliphatic rings. The molecule has 7 nitrogen and oxygen atoms in total. The molecule has 0 amide bonds. The van der Waals surface area contributed by atoms with Crippen LogP contribution >= 0.6 is 0 Å². The van der Waals surface area contributed by atoms with Gasteiger partial charge in [0.2, 0.25) is 15.9 Å². The lowest BCUT2D eigenvalue weighted by Gasteiger charge is -2.02. The maximum Gasteiger partial charge on any atom is 0.223 e. The molecule has 86 valence electrons. The molecule has 1 heterocycles. The molecule has 1 rings (SSSR count). The zero-order chi connectivity index (χ0) is 11.3. The van der Waals surface area contributed by atoms with Crippen molar-refractivity contribution in [2.24, 2.45) is 0 Å². The number of aliphatic hydroxyl groups excluding tert-OH is 1. The van der Waals surface area contributed by atoms with Crippen LogP contribution in [0.25, 0.3) is 0 Å². The van der Waals surface area contributed by atoms with Crippen LogP contribution in [-0.4, -0.2) is 36.0 Å². The molecule has 1 aromatic heterocycles. The zero-order valence-corrected chi connectivity index (χ0v) is 9.12. The number of sulfonamides is 1. The first-order valence-corrected chi connectivity index (χ1v) is 6.06. The van der Waals surface area contributed by atoms with Crippen molar-refractivity contribution in [2.45, 2.75) is 19.9 Å². The highest BCUT2D eigenvalue weighted by Crippen LogP contribution is 1.96. The monoisotopic (exact) mass is 235 g/mol. The molecule has 8 heteroatoms. The van der Waals surface area contributed by atoms with Crippen molar-refractivity contribution < 1.29 is 18.0 Å². The maximum absolute atomic E-state index is 11.3. The Morgan fingerprint density at radius 3 is 2.80 bits per heavy atom. The van der Waals surface area contributed by atoms with E-state index >= 15 is 0 Å². The van der Waals surface area contributed by atoms with E-state index in [1.807, 2.05) is 0 Å². The van der Waals surface area contributed by atoms with Crippen molar-refractivity contribution in [2.75, 3.05) is 12.4 Å². The summed E-state index contributed by atoms with van der Waals surface area (Å²) in [4.78, 5) is 3.84. The van der Waals surface area contributed by atoms with E-state index in [0.717, 1.165) is 0 Å². The van der Waals surface area contributed by atoms with Gasteiger partial charge in [0.05, 0.1) is 12.3 Å². The first-order chi connectivity index (χ1) is 7.03. The summed E-state index contributed by atoms with van der Waals surface area (Å²) in [6.07, 6.45) is 0.209. The minimum atomic E-state index is -3.36. The zero-order valence-electron chi connectivity index (χ0n) is 8.30. The second-order valence-corrected chi connectivity index (χ2v) is 4.87. The van der Waals surface area contributed by atoms with Crippen LogP contribution in [0.3, 0.4) is 0 Å². The van der Waals surface area contributed by atoms with E-state index in [1.165, 1.54) is 0 Å². The quantitative estimate of drug-likeness (QED) is 0.667. The van der Waals surface area contributed by atoms with E-state index < -0.39 is 10.0 Å². The van der Waals surface area contributed by atoms with Crippen molar-refractivity contribution in [1.82, 2.24) is 14.9 Å². The number of rotatable bonds is 6. The highest BCUT2D eigenvalue weighted by Gasteiger charge is 2.11. The first kappa shape index (κ1) is 12.1. The lowest BCUT2D eigenvalue weighted by Crippen LogP contribution is -2.26. The highest BCUT2D eigenvalue weighted by atomic mass is 32.2. The Morgan fingerprint density at radius 1 is 1.53 bits per heavy atom. The third kappa shape index (κ3) is 4.36. The van der Waals surface area contributed by atoms with Crippen molar-refractivity contribution in [3.8, 4) is 0 Å². The molecule has 0 spiro atoms. The SMILES string of the molecule is Cc1nc(CNS(=O)(=O)CCCO)no1. The molecule has 1 aromatic rings. The molecular weight excluding hydrogens is 222 g/mol. The van der Waals surface area contributed by atoms with Crippen LogP contribution in [0.4, 0.5) is 0 Å². The Morgan fingerprint density at radius 2 is 2.27 bits per heavy atom. The molecule has 2 N–H and O–H groups in total. The van der Waals surface area contributed by atoms with E-state index in [-0.39, 0.29) is 25.3 Å². The van der Waals surface area contributed by atoms with Gasteiger partial charge in [0.1, 0.15) is 0 Å². The van der Waals surface area contributed by atoms with E-state index in [4.69, 9.17) is 5.11 Å². The Bertz CT molecular complexity index is 400. The van der Waals surface area contributed by atoms with Gasteiger partial charge in [-0.15, -0.1) is 0 Å². The van der Waals surface area contributed by atoms with Crippen molar-refractivity contribution in [3.63, 3.8) is 0 Å². The molecule has 0 fully saturated rings. The summed E-state index contributed by atoms with van der Waals surface area (Å²) in [5, 5.41) is 12.0. The summed E-state index contributed by atoms with van der Waals surface area (Å²) in [5.41, 5.74) is 0. The van der Waals surface area contributed by atoms with E-state index in [2.05, 4.69) is 19.4 Å². The minimum absolute atomic E-state index is 0.00506. The molecule has 0 aliphatic carbocycles. The molecule has 0 atom stereocenters. The third-order valence-corrected chi connectivity index (χ3v) is 3.00. The van der Waals surface area contributed by atoms with Gasteiger partial charge in [-0.25, -0.2) is 13.1 Å². The lowest BCUT2D eigenvalue weighted by molar-refractivity contribution is 0.295. The van der Waals surface area contributed by atoms with Crippen molar-refractivity contribution in [1.29, 1.82) is 0 Å². The molecule has 0 radical (unpaired) electrons. The van der Waals surface area contributed by atoms with E-state index in [9.17, 15) is 8.42 Å². The lowest BCUT2D eigenvalue weighted by atomic mass is 10.5. The number of aromatic nitrogens is 2. The third-order valence-electron chi connectivity index (χ3n) is 1.59. The Kier molecular flexibility index (Phi) is 4.18. The fraction of sp³-hybridized carbons (Fsp3) is 0.714. The smallest absolute Gasteiger partial charge is 0.223 e. The molecule has 0 aliphatic heterocycles. The molecular formula is C7H13N3O4S. The van der Waals surface area contributed by atoms with Gasteiger partial charge in [0.25, 0.3) is 0 Å². The van der Waals surface area contributed by atoms with Crippen LogP contribution in [0.15, 0.2) is 4.52 Å². The molecule has 0 saturated carbocycles. The maximum atomic E-state index is 11.3. The van der Waals surface area contributed by atoms with Gasteiger partial charge >= 0.3 is 0 Å². The predicted molar refractivity (Wildman–Crippen MR) is 51.4 cm³/mol. The first-order valence-electron chi connectivity index (χ1n) is 4.41. The summed E-state index contributed by atoms with van der Waals surface area (Å²) in [5.74, 6) is 0.569. The van der Waals surface area contributed by atoms with Gasteiger partial charge in [0.15, 0.2) is 5.82 Å². The summed E-state index contributed by atoms with van der Waals surface area (Å²) in [6, 6.07) is 0. The van der Waals surface area contributed by atoms with Gasteiger partial charge in [-0.3, -0.25) is 0 Å². The molecule has 0 aromatic carbocycles. The highest BCUT2D eigenvalue weighted by molar-refractivity contribution is 7.89. The van der Waals surface area contributed by atoms with Crippen LogP contribution in [-0.2, 0) is 16.6 Å². The molecule has 15 heavy (non-hydrogen) atoms. The van der Waals surface area contributed by atoms with Crippen LogP contribution in [0, 0.1) is 6.92 Å². The molecule has 0 bridgehead atoms. The van der Waals surface area contributed by atoms with E-state index in [1.54, 1.807) is 6.92 Å². The number of aliphatic hydroxyl groups is 1. The second-order valence-electron chi connectivity index (χ2n) is 2.95. The number of hydrogen-bond donors (Lipinski definition) is 2. The van der Waals surface area contributed by atoms with Crippen molar-refractivity contribution >= 4 is 10.0 Å². The van der Waals surface area contributed by atoms with Gasteiger partial charge in [0, 0.05) is 13.5 Å². The average molecular weight is 235 g/mol. The summed E-state index contributed by atoms with van der Waals surface area (Å²) >= 11 is 0. The number of nitrogens with one attached hydrogen (secondary N) is 1. The van der Waals surface area contributed by atoms with Crippen LogP contribution < -0.4 is 4.72 Å². The minimum Gasteiger partial charge on any atom is -0.396 e. The predicted octanol–water partition coefficient (Wildman–Crippen LogP) is -0.820. The summed E-state index contributed by atoms with van der Waals surface area (Å²) in [7, 11) is -3.36. The largest absolute Gasteiger partial charge is 0.396 e. The van der Waals surface area contributed by atoms with Crippen LogP contribution in [0.1, 0.15) is 18.1 Å². The van der Waals surface area contributed by atoms with Gasteiger partial charge < -0.3 is 9.63 Å². The number of aryl methyl sites for hydroxylation is 1. The average Bonchev–Trinajstić information content (AvgIpc) is 2.59. The summed E-state index contributed by atoms with van der Waals surface area (Å²) < 4.78 is 29.5. The number of hydrogen-bond acceptors (Lipinski definition) is 6. The Labute approximate surface area is 87.5 Å². The Hall–Kier alpha value is -0.990. The fourth-order valence-corrected chi connectivity index (χ4v) is 1.92. The molecule has 0 unspecified atom stereocenters. The van der Waals surface area contributed by atoms with Gasteiger partial charge in [-0.2, -0.15) is 4.98 Å². The van der Waals surface area contributed by atoms with Crippen molar-refractivity contribution in [3.05, 3.63) is 11.7 Å². The standard InChI is InChI=1S/C7H13N3O4S/c1-6-9-7(10-14-6)5-8-15(12,13)4-2-3-11/h8,11H,2-5H2,1H3. The normalized spacial score (nSPS) is 11.9. The second kappa shape index (κ2) is 5.19. The van der Waals surface area contributed by atoms with Crippen LogP contribution in [0.5, 0.6) is 0 Å². The van der Waals surface area contributed by atoms with Crippen LogP contribution in [0.2, 0.25) is 0 Å². The number of nitrogens with zero attached hydrogens (tertiary/aromatic N) is 2. The van der Waals surface area contributed by atoms with Gasteiger partial charge in [-0.05, 0) is 6.42 Å². The summed E-state index contributed by atoms with van der Waals surface area (Å²) in [6.45, 7) is 1.48.